The molecule has 25 heavy (non-hydrogen) atoms. The van der Waals surface area contributed by atoms with Crippen molar-refractivity contribution in [3.05, 3.63) is 54.1 Å². The van der Waals surface area contributed by atoms with Crippen LogP contribution in [0.4, 0.5) is 5.69 Å². The van der Waals surface area contributed by atoms with Gasteiger partial charge in [-0.2, -0.15) is 0 Å². The van der Waals surface area contributed by atoms with Gasteiger partial charge in [0, 0.05) is 19.0 Å². The number of benzene rings is 2. The van der Waals surface area contributed by atoms with E-state index in [1.165, 1.54) is 5.56 Å². The van der Waals surface area contributed by atoms with Gasteiger partial charge in [0.25, 0.3) is 0 Å². The molecule has 0 unspecified atom stereocenters. The standard InChI is InChI=1S/C19H20N2O3.ClH/c22-19(15-12-20-11-14(15)13-5-2-1-3-6-13)21-16-7-4-8-17-18(16)24-10-9-23-17;/h1-8,14-15,20H,9-12H2,(H,21,22);1H/t14-,15+;/m0./s1. The Bertz CT molecular complexity index is 739. The van der Waals surface area contributed by atoms with Crippen molar-refractivity contribution in [3.63, 3.8) is 0 Å². The molecule has 0 saturated carbocycles. The lowest BCUT2D eigenvalue weighted by atomic mass is 9.88. The SMILES string of the molecule is Cl.O=C(Nc1cccc2c1OCCO2)[C@@H]1CNC[C@H]1c1ccccc1. The largest absolute Gasteiger partial charge is 0.486 e. The second kappa shape index (κ2) is 7.76. The Morgan fingerprint density at radius 1 is 1.00 bits per heavy atom. The molecule has 1 saturated heterocycles. The Kier molecular flexibility index (Phi) is 5.46. The van der Waals surface area contributed by atoms with Crippen LogP contribution in [0.3, 0.4) is 0 Å². The minimum absolute atomic E-state index is 0. The Hall–Kier alpha value is -2.24. The predicted octanol–water partition coefficient (Wildman–Crippen LogP) is 2.82. The summed E-state index contributed by atoms with van der Waals surface area (Å²) in [6.07, 6.45) is 0. The molecule has 5 nitrogen and oxygen atoms in total. The summed E-state index contributed by atoms with van der Waals surface area (Å²) in [6.45, 7) is 2.52. The van der Waals surface area contributed by atoms with Gasteiger partial charge in [0.1, 0.15) is 13.2 Å². The van der Waals surface area contributed by atoms with Crippen molar-refractivity contribution in [2.75, 3.05) is 31.6 Å². The maximum absolute atomic E-state index is 12.8. The first kappa shape index (κ1) is 17.6. The quantitative estimate of drug-likeness (QED) is 0.883. The number of para-hydroxylation sites is 1. The molecule has 0 spiro atoms. The van der Waals surface area contributed by atoms with Gasteiger partial charge in [-0.25, -0.2) is 0 Å². The van der Waals surface area contributed by atoms with Crippen molar-refractivity contribution in [2.45, 2.75) is 5.92 Å². The van der Waals surface area contributed by atoms with Crippen molar-refractivity contribution >= 4 is 24.0 Å². The fraction of sp³-hybridized carbons (Fsp3) is 0.316. The minimum Gasteiger partial charge on any atom is -0.486 e. The number of ether oxygens (including phenoxy) is 2. The topological polar surface area (TPSA) is 59.6 Å². The van der Waals surface area contributed by atoms with Crippen LogP contribution in [0.25, 0.3) is 0 Å². The molecule has 2 heterocycles. The van der Waals surface area contributed by atoms with E-state index in [1.807, 2.05) is 36.4 Å². The first-order valence-corrected chi connectivity index (χ1v) is 8.28. The lowest BCUT2D eigenvalue weighted by Crippen LogP contribution is -2.28. The van der Waals surface area contributed by atoms with Gasteiger partial charge in [0.05, 0.1) is 11.6 Å². The van der Waals surface area contributed by atoms with Crippen molar-refractivity contribution in [1.82, 2.24) is 5.32 Å². The van der Waals surface area contributed by atoms with Crippen LogP contribution in [0.1, 0.15) is 11.5 Å². The van der Waals surface area contributed by atoms with Crippen molar-refractivity contribution in [2.24, 2.45) is 5.92 Å². The zero-order valence-corrected chi connectivity index (χ0v) is 14.6. The molecule has 2 aromatic carbocycles. The number of halogens is 1. The summed E-state index contributed by atoms with van der Waals surface area (Å²) in [6, 6.07) is 15.8. The first-order chi connectivity index (χ1) is 11.8. The Morgan fingerprint density at radius 2 is 1.80 bits per heavy atom. The maximum atomic E-state index is 12.8. The van der Waals surface area contributed by atoms with Crippen LogP contribution in [0, 0.1) is 5.92 Å². The highest BCUT2D eigenvalue weighted by Gasteiger charge is 2.34. The molecule has 132 valence electrons. The molecular formula is C19H21ClN2O3. The van der Waals surface area contributed by atoms with Gasteiger partial charge < -0.3 is 20.1 Å². The molecular weight excluding hydrogens is 340 g/mol. The Balaban J connectivity index is 0.00000182. The normalized spacial score (nSPS) is 21.3. The fourth-order valence-electron chi connectivity index (χ4n) is 3.40. The van der Waals surface area contributed by atoms with Crippen LogP contribution in [-0.2, 0) is 4.79 Å². The Labute approximate surface area is 153 Å². The number of fused-ring (bicyclic) bond motifs is 1. The summed E-state index contributed by atoms with van der Waals surface area (Å²) < 4.78 is 11.2. The second-order valence-corrected chi connectivity index (χ2v) is 6.10. The highest BCUT2D eigenvalue weighted by Crippen LogP contribution is 2.38. The Morgan fingerprint density at radius 3 is 2.64 bits per heavy atom. The van der Waals surface area contributed by atoms with Gasteiger partial charge in [0.15, 0.2) is 11.5 Å². The summed E-state index contributed by atoms with van der Waals surface area (Å²) in [5.74, 6) is 1.40. The van der Waals surface area contributed by atoms with Crippen LogP contribution < -0.4 is 20.1 Å². The van der Waals surface area contributed by atoms with Crippen LogP contribution in [0.2, 0.25) is 0 Å². The number of carbonyl (C=O) groups excluding carboxylic acids is 1. The van der Waals surface area contributed by atoms with Crippen LogP contribution in [-0.4, -0.2) is 32.2 Å². The molecule has 2 aliphatic heterocycles. The monoisotopic (exact) mass is 360 g/mol. The highest BCUT2D eigenvalue weighted by molar-refractivity contribution is 5.95. The predicted molar refractivity (Wildman–Crippen MR) is 98.9 cm³/mol. The summed E-state index contributed by atoms with van der Waals surface area (Å²) >= 11 is 0. The van der Waals surface area contributed by atoms with E-state index in [9.17, 15) is 4.79 Å². The molecule has 2 atom stereocenters. The average Bonchev–Trinajstić information content (AvgIpc) is 3.13. The van der Waals surface area contributed by atoms with E-state index in [0.29, 0.717) is 36.9 Å². The number of amides is 1. The van der Waals surface area contributed by atoms with Gasteiger partial charge in [0.2, 0.25) is 5.91 Å². The lowest BCUT2D eigenvalue weighted by Gasteiger charge is -2.23. The van der Waals surface area contributed by atoms with Gasteiger partial charge in [-0.05, 0) is 17.7 Å². The zero-order valence-electron chi connectivity index (χ0n) is 13.7. The molecule has 0 bridgehead atoms. The van der Waals surface area contributed by atoms with E-state index in [4.69, 9.17) is 9.47 Å². The molecule has 6 heteroatoms. The smallest absolute Gasteiger partial charge is 0.229 e. The molecule has 2 aliphatic rings. The number of hydrogen-bond acceptors (Lipinski definition) is 4. The number of carbonyl (C=O) groups is 1. The summed E-state index contributed by atoms with van der Waals surface area (Å²) in [5, 5.41) is 6.36. The van der Waals surface area contributed by atoms with Gasteiger partial charge in [-0.15, -0.1) is 12.4 Å². The molecule has 2 N–H and O–H groups in total. The number of rotatable bonds is 3. The molecule has 0 aromatic heterocycles. The van der Waals surface area contributed by atoms with Crippen LogP contribution in [0.5, 0.6) is 11.5 Å². The van der Waals surface area contributed by atoms with Gasteiger partial charge in [-0.3, -0.25) is 4.79 Å². The van der Waals surface area contributed by atoms with Gasteiger partial charge >= 0.3 is 0 Å². The molecule has 2 aromatic rings. The molecule has 1 fully saturated rings. The van der Waals surface area contributed by atoms with Crippen LogP contribution >= 0.6 is 12.4 Å². The third-order valence-corrected chi connectivity index (χ3v) is 4.60. The van der Waals surface area contributed by atoms with E-state index < -0.39 is 0 Å². The summed E-state index contributed by atoms with van der Waals surface area (Å²) in [7, 11) is 0. The summed E-state index contributed by atoms with van der Waals surface area (Å²) in [5.41, 5.74) is 1.87. The van der Waals surface area contributed by atoms with E-state index in [1.54, 1.807) is 0 Å². The van der Waals surface area contributed by atoms with Gasteiger partial charge in [-0.1, -0.05) is 36.4 Å². The molecule has 4 rings (SSSR count). The summed E-state index contributed by atoms with van der Waals surface area (Å²) in [4.78, 5) is 12.8. The number of hydrogen-bond donors (Lipinski definition) is 2. The molecule has 0 radical (unpaired) electrons. The van der Waals surface area contributed by atoms with Crippen molar-refractivity contribution in [1.29, 1.82) is 0 Å². The minimum atomic E-state index is -0.104. The first-order valence-electron chi connectivity index (χ1n) is 8.28. The highest BCUT2D eigenvalue weighted by atomic mass is 35.5. The van der Waals surface area contributed by atoms with E-state index in [-0.39, 0.29) is 30.2 Å². The number of anilines is 1. The number of nitrogens with one attached hydrogen (secondary N) is 2. The third kappa shape index (κ3) is 3.57. The van der Waals surface area contributed by atoms with E-state index >= 15 is 0 Å². The lowest BCUT2D eigenvalue weighted by molar-refractivity contribution is -0.119. The van der Waals surface area contributed by atoms with Crippen molar-refractivity contribution < 1.29 is 14.3 Å². The maximum Gasteiger partial charge on any atom is 0.229 e. The zero-order chi connectivity index (χ0) is 16.4. The fourth-order valence-corrected chi connectivity index (χ4v) is 3.40. The third-order valence-electron chi connectivity index (χ3n) is 4.60. The van der Waals surface area contributed by atoms with Crippen LogP contribution in [0.15, 0.2) is 48.5 Å². The van der Waals surface area contributed by atoms with Crippen molar-refractivity contribution in [3.8, 4) is 11.5 Å². The molecule has 0 aliphatic carbocycles. The average molecular weight is 361 g/mol. The van der Waals surface area contributed by atoms with E-state index in [0.717, 1.165) is 6.54 Å². The second-order valence-electron chi connectivity index (χ2n) is 6.10. The van der Waals surface area contributed by atoms with E-state index in [2.05, 4.69) is 22.8 Å². The molecule has 1 amide bonds.